The van der Waals surface area contributed by atoms with Gasteiger partial charge in [-0.25, -0.2) is 0 Å². The van der Waals surface area contributed by atoms with Crippen LogP contribution in [0.2, 0.25) is 0 Å². The van der Waals surface area contributed by atoms with Crippen molar-refractivity contribution in [3.63, 3.8) is 0 Å². The van der Waals surface area contributed by atoms with E-state index in [0.717, 1.165) is 12.8 Å². The molecule has 0 amide bonds. The van der Waals surface area contributed by atoms with Crippen LogP contribution in [0.3, 0.4) is 0 Å². The molecule has 2 aliphatic heterocycles. The summed E-state index contributed by atoms with van der Waals surface area (Å²) in [4.78, 5) is 2.63. The normalized spacial score (nSPS) is 16.7. The van der Waals surface area contributed by atoms with Crippen LogP contribution in [0.4, 0.5) is 11.4 Å². The third-order valence-corrected chi connectivity index (χ3v) is 6.96. The second kappa shape index (κ2) is 5.96. The number of fused-ring (bicyclic) bond motifs is 10. The van der Waals surface area contributed by atoms with Crippen molar-refractivity contribution in [2.75, 3.05) is 4.90 Å². The Morgan fingerprint density at radius 3 is 2.03 bits per heavy atom. The molecule has 2 heterocycles. The van der Waals surface area contributed by atoms with Gasteiger partial charge in [-0.2, -0.15) is 0 Å². The Kier molecular flexibility index (Phi) is 3.23. The number of benzene rings is 5. The molecule has 5 aromatic carbocycles. The zero-order valence-corrected chi connectivity index (χ0v) is 16.7. The van der Waals surface area contributed by atoms with E-state index in [-0.39, 0.29) is 0 Å². The fraction of sp³-hybridized carbons (Fsp3) is 0.103. The van der Waals surface area contributed by atoms with Gasteiger partial charge in [0.15, 0.2) is 0 Å². The molecule has 142 valence electrons. The molecule has 0 radical (unpaired) electrons. The van der Waals surface area contributed by atoms with Crippen molar-refractivity contribution in [3.8, 4) is 11.1 Å². The summed E-state index contributed by atoms with van der Waals surface area (Å²) in [7, 11) is 0. The third-order valence-electron chi connectivity index (χ3n) is 6.96. The molecule has 1 nitrogen and oxygen atoms in total. The number of hydrogen-bond acceptors (Lipinski definition) is 1. The quantitative estimate of drug-likeness (QED) is 0.275. The summed E-state index contributed by atoms with van der Waals surface area (Å²) in [6, 6.07) is 36.2. The maximum Gasteiger partial charge on any atom is 0.0533 e. The lowest BCUT2D eigenvalue weighted by Crippen LogP contribution is -2.22. The van der Waals surface area contributed by atoms with Crippen LogP contribution in [0.25, 0.3) is 32.7 Å². The van der Waals surface area contributed by atoms with E-state index in [2.05, 4.69) is 102 Å². The topological polar surface area (TPSA) is 3.24 Å². The molecule has 30 heavy (non-hydrogen) atoms. The van der Waals surface area contributed by atoms with Crippen LogP contribution in [0.15, 0.2) is 97.1 Å². The summed E-state index contributed by atoms with van der Waals surface area (Å²) in [6.45, 7) is 0. The first kappa shape index (κ1) is 16.2. The Bertz CT molecular complexity index is 1450. The van der Waals surface area contributed by atoms with Crippen molar-refractivity contribution in [3.05, 3.63) is 108 Å². The number of anilines is 2. The molecule has 0 aromatic heterocycles. The van der Waals surface area contributed by atoms with Crippen molar-refractivity contribution in [2.24, 2.45) is 0 Å². The SMILES string of the molecule is c1ccc(-c2ccc3c(c2)CC2Cc4c(c5ccccc5c5ccccc45)N32)cc1. The molecule has 0 saturated carbocycles. The van der Waals surface area contributed by atoms with E-state index >= 15 is 0 Å². The van der Waals surface area contributed by atoms with Crippen LogP contribution >= 0.6 is 0 Å². The van der Waals surface area contributed by atoms with Gasteiger partial charge >= 0.3 is 0 Å². The highest BCUT2D eigenvalue weighted by atomic mass is 15.2. The summed E-state index contributed by atoms with van der Waals surface area (Å²) < 4.78 is 0. The maximum absolute atomic E-state index is 2.63. The zero-order chi connectivity index (χ0) is 19.7. The van der Waals surface area contributed by atoms with Crippen LogP contribution in [0, 0.1) is 0 Å². The lowest BCUT2D eigenvalue weighted by molar-refractivity contribution is 0.727. The van der Waals surface area contributed by atoms with Crippen molar-refractivity contribution in [1.82, 2.24) is 0 Å². The van der Waals surface area contributed by atoms with Crippen LogP contribution in [-0.4, -0.2) is 6.04 Å². The van der Waals surface area contributed by atoms with Gasteiger partial charge in [-0.3, -0.25) is 0 Å². The Hall–Kier alpha value is -3.58. The summed E-state index contributed by atoms with van der Waals surface area (Å²) in [6.07, 6.45) is 2.24. The zero-order valence-electron chi connectivity index (χ0n) is 16.7. The van der Waals surface area contributed by atoms with Crippen molar-refractivity contribution in [1.29, 1.82) is 0 Å². The molecular weight excluding hydrogens is 362 g/mol. The Balaban J connectivity index is 1.46. The standard InChI is InChI=1S/C29H21N/c1-2-8-19(9-3-1)20-14-15-28-21(16-20)17-22-18-27-25-12-5-4-10-23(25)24-11-6-7-13-26(24)29(27)30(22)28/h1-16,22H,17-18H2. The first-order valence-corrected chi connectivity index (χ1v) is 10.8. The van der Waals surface area contributed by atoms with Crippen molar-refractivity contribution in [2.45, 2.75) is 18.9 Å². The highest BCUT2D eigenvalue weighted by molar-refractivity contribution is 6.17. The van der Waals surface area contributed by atoms with Gasteiger partial charge in [-0.1, -0.05) is 84.9 Å². The monoisotopic (exact) mass is 383 g/mol. The van der Waals surface area contributed by atoms with Crippen LogP contribution in [0.5, 0.6) is 0 Å². The molecule has 0 spiro atoms. The molecule has 0 fully saturated rings. The van der Waals surface area contributed by atoms with Crippen LogP contribution in [0.1, 0.15) is 11.1 Å². The van der Waals surface area contributed by atoms with Gasteiger partial charge in [0.2, 0.25) is 0 Å². The first-order chi connectivity index (χ1) is 14.9. The fourth-order valence-electron chi connectivity index (χ4n) is 5.72. The highest BCUT2D eigenvalue weighted by Crippen LogP contribution is 2.52. The van der Waals surface area contributed by atoms with Gasteiger partial charge in [-0.15, -0.1) is 0 Å². The van der Waals surface area contributed by atoms with Crippen molar-refractivity contribution >= 4 is 32.9 Å². The van der Waals surface area contributed by atoms with Gasteiger partial charge in [0.25, 0.3) is 0 Å². The van der Waals surface area contributed by atoms with E-state index in [1.54, 1.807) is 0 Å². The van der Waals surface area contributed by atoms with E-state index in [1.165, 1.54) is 55.2 Å². The number of hydrogen-bond donors (Lipinski definition) is 0. The average Bonchev–Trinajstić information content (AvgIpc) is 3.36. The van der Waals surface area contributed by atoms with E-state index < -0.39 is 0 Å². The Morgan fingerprint density at radius 2 is 1.23 bits per heavy atom. The van der Waals surface area contributed by atoms with E-state index in [4.69, 9.17) is 0 Å². The minimum Gasteiger partial charge on any atom is -0.337 e. The number of rotatable bonds is 1. The van der Waals surface area contributed by atoms with Gasteiger partial charge in [0, 0.05) is 17.1 Å². The summed E-state index contributed by atoms with van der Waals surface area (Å²) in [5.41, 5.74) is 8.43. The second-order valence-corrected chi connectivity index (χ2v) is 8.56. The molecule has 7 rings (SSSR count). The molecule has 1 heteroatoms. The fourth-order valence-corrected chi connectivity index (χ4v) is 5.72. The minimum atomic E-state index is 0.523. The van der Waals surface area contributed by atoms with Crippen LogP contribution < -0.4 is 4.90 Å². The maximum atomic E-state index is 2.63. The predicted octanol–water partition coefficient (Wildman–Crippen LogP) is 7.28. The van der Waals surface area contributed by atoms with Crippen molar-refractivity contribution < 1.29 is 0 Å². The third kappa shape index (κ3) is 2.12. The van der Waals surface area contributed by atoms with E-state index in [9.17, 15) is 0 Å². The highest BCUT2D eigenvalue weighted by Gasteiger charge is 2.39. The van der Waals surface area contributed by atoms with Gasteiger partial charge < -0.3 is 4.90 Å². The van der Waals surface area contributed by atoms with Crippen LogP contribution in [-0.2, 0) is 12.8 Å². The van der Waals surface area contributed by atoms with E-state index in [1.807, 2.05) is 0 Å². The summed E-state index contributed by atoms with van der Waals surface area (Å²) in [5.74, 6) is 0. The molecule has 0 aliphatic carbocycles. The largest absolute Gasteiger partial charge is 0.337 e. The molecule has 5 aromatic rings. The smallest absolute Gasteiger partial charge is 0.0533 e. The van der Waals surface area contributed by atoms with E-state index in [0.29, 0.717) is 6.04 Å². The van der Waals surface area contributed by atoms with Gasteiger partial charge in [0.05, 0.1) is 5.69 Å². The van der Waals surface area contributed by atoms with Gasteiger partial charge in [0.1, 0.15) is 0 Å². The predicted molar refractivity (Wildman–Crippen MR) is 127 cm³/mol. The molecule has 0 bridgehead atoms. The van der Waals surface area contributed by atoms with Gasteiger partial charge in [-0.05, 0) is 63.4 Å². The molecular formula is C29H21N. The first-order valence-electron chi connectivity index (χ1n) is 10.8. The Labute approximate surface area is 176 Å². The lowest BCUT2D eigenvalue weighted by Gasteiger charge is -2.23. The molecule has 0 N–H and O–H groups in total. The molecule has 1 unspecified atom stereocenters. The lowest BCUT2D eigenvalue weighted by atomic mass is 9.93. The molecule has 0 saturated heterocycles. The minimum absolute atomic E-state index is 0.523. The average molecular weight is 383 g/mol. The summed E-state index contributed by atoms with van der Waals surface area (Å²) >= 11 is 0. The Morgan fingerprint density at radius 1 is 0.567 bits per heavy atom. The second-order valence-electron chi connectivity index (χ2n) is 8.56. The molecule has 2 aliphatic rings. The molecule has 1 atom stereocenters. The number of nitrogens with zero attached hydrogens (tertiary/aromatic N) is 1. The summed E-state index contributed by atoms with van der Waals surface area (Å²) in [5, 5.41) is 5.55.